The molecule has 0 atom stereocenters. The van der Waals surface area contributed by atoms with Gasteiger partial charge in [-0.05, 0) is 36.4 Å². The number of benzene rings is 2. The summed E-state index contributed by atoms with van der Waals surface area (Å²) in [4.78, 5) is 22.2. The van der Waals surface area contributed by atoms with Crippen molar-refractivity contribution in [1.29, 1.82) is 5.26 Å². The molecule has 0 bridgehead atoms. The molecule has 2 N–H and O–H groups in total. The van der Waals surface area contributed by atoms with Crippen LogP contribution in [0.5, 0.6) is 11.5 Å². The fourth-order valence-electron chi connectivity index (χ4n) is 2.09. The van der Waals surface area contributed by atoms with Crippen molar-refractivity contribution in [3.05, 3.63) is 70.4 Å². The molecular formula is C19H18N4O5. The maximum absolute atomic E-state index is 12.1. The van der Waals surface area contributed by atoms with Gasteiger partial charge in [-0.1, -0.05) is 0 Å². The molecule has 0 aliphatic carbocycles. The minimum Gasteiger partial charge on any atom is -0.497 e. The number of nitrogens with one attached hydrogen (secondary N) is 2. The highest BCUT2D eigenvalue weighted by Crippen LogP contribution is 2.17. The number of carbonyl (C=O) groups is 1. The number of nitrogens with zero attached hydrogens (tertiary/aromatic N) is 2. The number of anilines is 1. The van der Waals surface area contributed by atoms with Gasteiger partial charge in [-0.25, -0.2) is 0 Å². The number of rotatable bonds is 9. The van der Waals surface area contributed by atoms with Gasteiger partial charge in [0.2, 0.25) is 0 Å². The van der Waals surface area contributed by atoms with Crippen LogP contribution in [0.25, 0.3) is 0 Å². The number of hydrogen-bond donors (Lipinski definition) is 2. The van der Waals surface area contributed by atoms with E-state index in [0.29, 0.717) is 24.6 Å². The van der Waals surface area contributed by atoms with Gasteiger partial charge < -0.3 is 20.1 Å². The Balaban J connectivity index is 1.80. The van der Waals surface area contributed by atoms with Crippen molar-refractivity contribution < 1.29 is 19.2 Å². The molecule has 0 saturated heterocycles. The van der Waals surface area contributed by atoms with E-state index >= 15 is 0 Å². The SMILES string of the molecule is COc1ccc(OCCN/C=C(/C#N)C(=O)Nc2ccc([N+](=O)[O-])cc2)cc1. The van der Waals surface area contributed by atoms with Crippen LogP contribution in [-0.2, 0) is 4.79 Å². The molecule has 0 aliphatic heterocycles. The zero-order valence-corrected chi connectivity index (χ0v) is 15.0. The zero-order chi connectivity index (χ0) is 20.4. The number of nitriles is 1. The van der Waals surface area contributed by atoms with Crippen LogP contribution in [0.2, 0.25) is 0 Å². The molecule has 2 aromatic carbocycles. The summed E-state index contributed by atoms with van der Waals surface area (Å²) >= 11 is 0. The van der Waals surface area contributed by atoms with E-state index in [2.05, 4.69) is 10.6 Å². The lowest BCUT2D eigenvalue weighted by molar-refractivity contribution is -0.384. The first-order valence-corrected chi connectivity index (χ1v) is 8.20. The van der Waals surface area contributed by atoms with Crippen LogP contribution in [-0.4, -0.2) is 31.1 Å². The van der Waals surface area contributed by atoms with Gasteiger partial charge in [0, 0.05) is 30.6 Å². The molecule has 28 heavy (non-hydrogen) atoms. The summed E-state index contributed by atoms with van der Waals surface area (Å²) in [7, 11) is 1.58. The molecule has 0 spiro atoms. The molecule has 9 nitrogen and oxygen atoms in total. The highest BCUT2D eigenvalue weighted by molar-refractivity contribution is 6.06. The number of ether oxygens (including phenoxy) is 2. The normalized spacial score (nSPS) is 10.5. The molecule has 9 heteroatoms. The molecule has 1 amide bonds. The minimum absolute atomic E-state index is 0.0902. The lowest BCUT2D eigenvalue weighted by Gasteiger charge is -2.07. The van der Waals surface area contributed by atoms with Crippen LogP contribution in [0.1, 0.15) is 0 Å². The van der Waals surface area contributed by atoms with E-state index < -0.39 is 10.8 Å². The van der Waals surface area contributed by atoms with Crippen molar-refractivity contribution >= 4 is 17.3 Å². The van der Waals surface area contributed by atoms with Crippen LogP contribution in [0.15, 0.2) is 60.3 Å². The molecule has 144 valence electrons. The number of non-ortho nitro benzene ring substituents is 1. The van der Waals surface area contributed by atoms with E-state index in [1.165, 1.54) is 30.5 Å². The van der Waals surface area contributed by atoms with Crippen molar-refractivity contribution in [3.63, 3.8) is 0 Å². The summed E-state index contributed by atoms with van der Waals surface area (Å²) < 4.78 is 10.6. The Labute approximate surface area is 161 Å². The van der Waals surface area contributed by atoms with Crippen LogP contribution < -0.4 is 20.1 Å². The van der Waals surface area contributed by atoms with Crippen LogP contribution in [0.3, 0.4) is 0 Å². The number of methoxy groups -OCH3 is 1. The van der Waals surface area contributed by atoms with Gasteiger partial charge in [0.1, 0.15) is 29.7 Å². The average molecular weight is 382 g/mol. The number of nitro groups is 1. The lowest BCUT2D eigenvalue weighted by atomic mass is 10.2. The third-order valence-corrected chi connectivity index (χ3v) is 3.52. The second kappa shape index (κ2) is 10.2. The molecule has 2 rings (SSSR count). The molecule has 0 saturated carbocycles. The second-order valence-corrected chi connectivity index (χ2v) is 5.41. The standard InChI is InChI=1S/C19H18N4O5/c1-27-17-6-8-18(9-7-17)28-11-10-21-13-14(12-20)19(24)22-15-2-4-16(5-3-15)23(25)26/h2-9,13,21H,10-11H2,1H3,(H,22,24)/b14-13-. The van der Waals surface area contributed by atoms with E-state index in [9.17, 15) is 14.9 Å². The van der Waals surface area contributed by atoms with Crippen LogP contribution in [0, 0.1) is 21.4 Å². The molecule has 0 fully saturated rings. The van der Waals surface area contributed by atoms with Crippen LogP contribution >= 0.6 is 0 Å². The summed E-state index contributed by atoms with van der Waals surface area (Å²) in [6.07, 6.45) is 1.29. The molecule has 0 radical (unpaired) electrons. The third kappa shape index (κ3) is 6.03. The van der Waals surface area contributed by atoms with Gasteiger partial charge in [-0.2, -0.15) is 5.26 Å². The van der Waals surface area contributed by atoms with E-state index in [1.807, 2.05) is 0 Å². The Morgan fingerprint density at radius 3 is 2.39 bits per heavy atom. The maximum Gasteiger partial charge on any atom is 0.269 e. The Morgan fingerprint density at radius 1 is 1.18 bits per heavy atom. The van der Waals surface area contributed by atoms with Gasteiger partial charge in [0.05, 0.1) is 12.0 Å². The number of amides is 1. The molecule has 2 aromatic rings. The first-order chi connectivity index (χ1) is 13.5. The summed E-state index contributed by atoms with van der Waals surface area (Å²) in [5.41, 5.74) is 0.120. The highest BCUT2D eigenvalue weighted by atomic mass is 16.6. The van der Waals surface area contributed by atoms with E-state index in [1.54, 1.807) is 37.4 Å². The predicted octanol–water partition coefficient (Wildman–Crippen LogP) is 2.62. The number of carbonyl (C=O) groups excluding carboxylic acids is 1. The van der Waals surface area contributed by atoms with Gasteiger partial charge in [0.25, 0.3) is 11.6 Å². The van der Waals surface area contributed by atoms with E-state index in [-0.39, 0.29) is 11.3 Å². The fraction of sp³-hybridized carbons (Fsp3) is 0.158. The maximum atomic E-state index is 12.1. The summed E-state index contributed by atoms with van der Waals surface area (Å²) in [5, 5.41) is 25.1. The molecule has 0 aliphatic rings. The quantitative estimate of drug-likeness (QED) is 0.224. The molecule has 0 aromatic heterocycles. The zero-order valence-electron chi connectivity index (χ0n) is 15.0. The Morgan fingerprint density at radius 2 is 1.82 bits per heavy atom. The van der Waals surface area contributed by atoms with Crippen molar-refractivity contribution in [2.75, 3.05) is 25.6 Å². The first-order valence-electron chi connectivity index (χ1n) is 8.20. The average Bonchev–Trinajstić information content (AvgIpc) is 2.71. The van der Waals surface area contributed by atoms with Crippen molar-refractivity contribution in [3.8, 4) is 17.6 Å². The first kappa shape index (κ1) is 20.3. The summed E-state index contributed by atoms with van der Waals surface area (Å²) in [6.45, 7) is 0.702. The number of nitro benzene ring substituents is 1. The van der Waals surface area contributed by atoms with Crippen molar-refractivity contribution in [2.24, 2.45) is 0 Å². The molecule has 0 unspecified atom stereocenters. The van der Waals surface area contributed by atoms with Crippen LogP contribution in [0.4, 0.5) is 11.4 Å². The smallest absolute Gasteiger partial charge is 0.269 e. The molecular weight excluding hydrogens is 364 g/mol. The van der Waals surface area contributed by atoms with Crippen molar-refractivity contribution in [1.82, 2.24) is 5.32 Å². The van der Waals surface area contributed by atoms with E-state index in [4.69, 9.17) is 14.7 Å². The number of hydrogen-bond acceptors (Lipinski definition) is 7. The van der Waals surface area contributed by atoms with Gasteiger partial charge in [-0.15, -0.1) is 0 Å². The second-order valence-electron chi connectivity index (χ2n) is 5.41. The summed E-state index contributed by atoms with van der Waals surface area (Å²) in [6, 6.07) is 14.2. The summed E-state index contributed by atoms with van der Waals surface area (Å²) in [5.74, 6) is 0.772. The monoisotopic (exact) mass is 382 g/mol. The predicted molar refractivity (Wildman–Crippen MR) is 102 cm³/mol. The van der Waals surface area contributed by atoms with Gasteiger partial charge in [0.15, 0.2) is 0 Å². The fourth-order valence-corrected chi connectivity index (χ4v) is 2.09. The topological polar surface area (TPSA) is 127 Å². The van der Waals surface area contributed by atoms with Gasteiger partial charge in [-0.3, -0.25) is 14.9 Å². The Bertz CT molecular complexity index is 886. The molecule has 0 heterocycles. The Hall–Kier alpha value is -4.06. The van der Waals surface area contributed by atoms with E-state index in [0.717, 1.165) is 5.75 Å². The minimum atomic E-state index is -0.625. The van der Waals surface area contributed by atoms with Crippen molar-refractivity contribution in [2.45, 2.75) is 0 Å². The largest absolute Gasteiger partial charge is 0.497 e. The van der Waals surface area contributed by atoms with Gasteiger partial charge >= 0.3 is 0 Å². The lowest BCUT2D eigenvalue weighted by Crippen LogP contribution is -2.20. The highest BCUT2D eigenvalue weighted by Gasteiger charge is 2.10. The Kier molecular flexibility index (Phi) is 7.36. The third-order valence-electron chi connectivity index (χ3n) is 3.52.